The van der Waals surface area contributed by atoms with Crippen LogP contribution in [0, 0.1) is 6.92 Å². The molecular weight excluding hydrogens is 346 g/mol. The molecule has 1 N–H and O–H groups in total. The van der Waals surface area contributed by atoms with E-state index in [1.165, 1.54) is 5.56 Å². The fourth-order valence-corrected chi connectivity index (χ4v) is 4.36. The SMILES string of the molecule is Cc1nc(NCCN(C)C)c2sc3nc4c(cc3c2n1)COC(C)(C)C4. The van der Waals surface area contributed by atoms with Gasteiger partial charge in [-0.3, -0.25) is 0 Å². The van der Waals surface area contributed by atoms with Gasteiger partial charge in [0.05, 0.1) is 28.1 Å². The van der Waals surface area contributed by atoms with E-state index in [4.69, 9.17) is 14.7 Å². The van der Waals surface area contributed by atoms with Crippen LogP contribution in [0.4, 0.5) is 5.82 Å². The van der Waals surface area contributed by atoms with Crippen molar-refractivity contribution in [2.24, 2.45) is 0 Å². The Morgan fingerprint density at radius 1 is 1.27 bits per heavy atom. The van der Waals surface area contributed by atoms with Gasteiger partial charge >= 0.3 is 0 Å². The lowest BCUT2D eigenvalue weighted by Gasteiger charge is -2.30. The Bertz CT molecular complexity index is 979. The molecule has 0 aromatic carbocycles. The Hall–Kier alpha value is -1.83. The molecule has 0 bridgehead atoms. The van der Waals surface area contributed by atoms with Gasteiger partial charge in [0.15, 0.2) is 0 Å². The minimum Gasteiger partial charge on any atom is -0.370 e. The quantitative estimate of drug-likeness (QED) is 0.759. The lowest BCUT2D eigenvalue weighted by molar-refractivity contribution is -0.0411. The third-order valence-electron chi connectivity index (χ3n) is 4.65. The molecule has 0 fully saturated rings. The summed E-state index contributed by atoms with van der Waals surface area (Å²) in [7, 11) is 4.14. The van der Waals surface area contributed by atoms with Crippen molar-refractivity contribution in [1.29, 1.82) is 0 Å². The second kappa shape index (κ2) is 6.40. The van der Waals surface area contributed by atoms with Gasteiger partial charge in [-0.25, -0.2) is 15.0 Å². The molecule has 4 rings (SSSR count). The maximum absolute atomic E-state index is 5.97. The van der Waals surface area contributed by atoms with Crippen LogP contribution in [0.2, 0.25) is 0 Å². The molecule has 6 nitrogen and oxygen atoms in total. The topological polar surface area (TPSA) is 63.2 Å². The van der Waals surface area contributed by atoms with Gasteiger partial charge in [-0.15, -0.1) is 11.3 Å². The number of nitrogens with one attached hydrogen (secondary N) is 1. The molecule has 0 saturated carbocycles. The van der Waals surface area contributed by atoms with Gasteiger partial charge in [0, 0.05) is 30.5 Å². The van der Waals surface area contributed by atoms with Gasteiger partial charge in [-0.05, 0) is 40.9 Å². The lowest BCUT2D eigenvalue weighted by Crippen LogP contribution is -2.32. The van der Waals surface area contributed by atoms with E-state index in [0.29, 0.717) is 6.61 Å². The average molecular weight is 372 g/mol. The Kier molecular flexibility index (Phi) is 4.33. The first-order valence-corrected chi connectivity index (χ1v) is 9.76. The van der Waals surface area contributed by atoms with E-state index in [9.17, 15) is 0 Å². The molecule has 1 aliphatic heterocycles. The maximum atomic E-state index is 5.97. The van der Waals surface area contributed by atoms with Gasteiger partial charge in [-0.2, -0.15) is 0 Å². The van der Waals surface area contributed by atoms with E-state index in [0.717, 1.165) is 57.3 Å². The molecule has 4 heterocycles. The molecule has 26 heavy (non-hydrogen) atoms. The van der Waals surface area contributed by atoms with E-state index in [1.807, 2.05) is 6.92 Å². The summed E-state index contributed by atoms with van der Waals surface area (Å²) in [6, 6.07) is 2.21. The number of nitrogens with zero attached hydrogens (tertiary/aromatic N) is 4. The summed E-state index contributed by atoms with van der Waals surface area (Å²) in [4.78, 5) is 17.5. The van der Waals surface area contributed by atoms with E-state index in [1.54, 1.807) is 11.3 Å². The molecule has 0 aliphatic carbocycles. The lowest BCUT2D eigenvalue weighted by atomic mass is 9.95. The zero-order chi connectivity index (χ0) is 18.5. The van der Waals surface area contributed by atoms with Crippen LogP contribution in [0.1, 0.15) is 30.9 Å². The number of aryl methyl sites for hydroxylation is 1. The van der Waals surface area contributed by atoms with Crippen LogP contribution in [-0.2, 0) is 17.8 Å². The van der Waals surface area contributed by atoms with Crippen LogP contribution in [-0.4, -0.2) is 52.6 Å². The number of thiophene rings is 1. The summed E-state index contributed by atoms with van der Waals surface area (Å²) in [5.74, 6) is 1.69. The third-order valence-corrected chi connectivity index (χ3v) is 5.75. The van der Waals surface area contributed by atoms with Gasteiger partial charge in [0.2, 0.25) is 0 Å². The highest BCUT2D eigenvalue weighted by molar-refractivity contribution is 7.25. The van der Waals surface area contributed by atoms with Crippen molar-refractivity contribution in [1.82, 2.24) is 19.9 Å². The molecule has 0 atom stereocenters. The summed E-state index contributed by atoms with van der Waals surface area (Å²) in [6.45, 7) is 8.59. The van der Waals surface area contributed by atoms with E-state index in [2.05, 4.69) is 49.2 Å². The molecule has 0 saturated heterocycles. The molecule has 7 heteroatoms. The zero-order valence-electron chi connectivity index (χ0n) is 16.0. The van der Waals surface area contributed by atoms with Crippen molar-refractivity contribution in [2.75, 3.05) is 32.5 Å². The van der Waals surface area contributed by atoms with Crippen LogP contribution in [0.5, 0.6) is 0 Å². The number of aromatic nitrogens is 3. The number of rotatable bonds is 4. The summed E-state index contributed by atoms with van der Waals surface area (Å²) >= 11 is 1.68. The predicted octanol–water partition coefficient (Wildman–Crippen LogP) is 3.37. The number of likely N-dealkylation sites (N-methyl/N-ethyl adjacent to an activating group) is 1. The second-order valence-corrected chi connectivity index (χ2v) is 8.80. The van der Waals surface area contributed by atoms with Gasteiger partial charge in [0.25, 0.3) is 0 Å². The van der Waals surface area contributed by atoms with E-state index >= 15 is 0 Å². The van der Waals surface area contributed by atoms with Crippen molar-refractivity contribution in [3.8, 4) is 0 Å². The van der Waals surface area contributed by atoms with Crippen molar-refractivity contribution in [2.45, 2.75) is 39.4 Å². The Labute approximate surface area is 157 Å². The predicted molar refractivity (Wildman–Crippen MR) is 107 cm³/mol. The zero-order valence-corrected chi connectivity index (χ0v) is 16.8. The van der Waals surface area contributed by atoms with Crippen molar-refractivity contribution in [3.05, 3.63) is 23.1 Å². The number of ether oxygens (including phenoxy) is 1. The van der Waals surface area contributed by atoms with E-state index in [-0.39, 0.29) is 5.60 Å². The standard InChI is InChI=1S/C19H25N5OS/c1-11-21-15-13-8-12-10-25-19(2,3)9-14(12)23-18(13)26-16(15)17(22-11)20-6-7-24(4)5/h8H,6-7,9-10H2,1-5H3,(H,20,21,22). The smallest absolute Gasteiger partial charge is 0.147 e. The molecule has 3 aromatic heterocycles. The molecule has 0 amide bonds. The Morgan fingerprint density at radius 2 is 2.08 bits per heavy atom. The summed E-state index contributed by atoms with van der Waals surface area (Å²) < 4.78 is 7.05. The van der Waals surface area contributed by atoms with Crippen molar-refractivity contribution in [3.63, 3.8) is 0 Å². The number of fused-ring (bicyclic) bond motifs is 4. The first-order chi connectivity index (χ1) is 12.3. The normalized spacial score (nSPS) is 16.4. The fraction of sp³-hybridized carbons (Fsp3) is 0.526. The van der Waals surface area contributed by atoms with Crippen LogP contribution in [0.3, 0.4) is 0 Å². The van der Waals surface area contributed by atoms with Gasteiger partial charge in [-0.1, -0.05) is 0 Å². The number of hydrogen-bond acceptors (Lipinski definition) is 7. The Balaban J connectivity index is 1.81. The van der Waals surface area contributed by atoms with Gasteiger partial charge < -0.3 is 15.0 Å². The number of pyridine rings is 1. The van der Waals surface area contributed by atoms with Crippen LogP contribution >= 0.6 is 11.3 Å². The van der Waals surface area contributed by atoms with Crippen LogP contribution < -0.4 is 5.32 Å². The molecular formula is C19H25N5OS. The fourth-order valence-electron chi connectivity index (χ4n) is 3.28. The highest BCUT2D eigenvalue weighted by atomic mass is 32.1. The first-order valence-electron chi connectivity index (χ1n) is 8.94. The first kappa shape index (κ1) is 17.6. The minimum absolute atomic E-state index is 0.153. The average Bonchev–Trinajstić information content (AvgIpc) is 2.89. The molecule has 3 aromatic rings. The molecule has 0 spiro atoms. The molecule has 0 unspecified atom stereocenters. The van der Waals surface area contributed by atoms with E-state index < -0.39 is 0 Å². The third kappa shape index (κ3) is 3.26. The molecule has 0 radical (unpaired) electrons. The Morgan fingerprint density at radius 3 is 2.85 bits per heavy atom. The van der Waals surface area contributed by atoms with Crippen LogP contribution in [0.25, 0.3) is 20.4 Å². The molecule has 1 aliphatic rings. The highest BCUT2D eigenvalue weighted by Crippen LogP contribution is 2.38. The summed E-state index contributed by atoms with van der Waals surface area (Å²) in [6.07, 6.45) is 0.838. The molecule has 138 valence electrons. The summed E-state index contributed by atoms with van der Waals surface area (Å²) in [5, 5.41) is 4.57. The van der Waals surface area contributed by atoms with Gasteiger partial charge in [0.1, 0.15) is 16.5 Å². The van der Waals surface area contributed by atoms with Crippen LogP contribution in [0.15, 0.2) is 6.07 Å². The minimum atomic E-state index is -0.153. The number of hydrogen-bond donors (Lipinski definition) is 1. The highest BCUT2D eigenvalue weighted by Gasteiger charge is 2.28. The van der Waals surface area contributed by atoms with Crippen molar-refractivity contribution < 1.29 is 4.74 Å². The monoisotopic (exact) mass is 371 g/mol. The van der Waals surface area contributed by atoms with Crippen molar-refractivity contribution >= 4 is 37.6 Å². The largest absolute Gasteiger partial charge is 0.370 e. The second-order valence-electron chi connectivity index (χ2n) is 7.80. The number of anilines is 1. The maximum Gasteiger partial charge on any atom is 0.147 e. The summed E-state index contributed by atoms with van der Waals surface area (Å²) in [5.41, 5.74) is 3.16.